The van der Waals surface area contributed by atoms with E-state index < -0.39 is 96.0 Å². The molecule has 0 fully saturated rings. The quantitative estimate of drug-likeness (QED) is 0.0401. The maximum absolute atomic E-state index is 15.1. The number of ether oxygens (including phenoxy) is 4. The number of benzene rings is 4. The molecule has 0 saturated carbocycles. The fourth-order valence-corrected chi connectivity index (χ4v) is 6.90. The molecular weight excluding hydrogens is 807 g/mol. The van der Waals surface area contributed by atoms with Gasteiger partial charge in [-0.1, -0.05) is 78.9 Å². The van der Waals surface area contributed by atoms with E-state index in [9.17, 15) is 32.3 Å². The molecule has 4 amide bonds. The molecule has 0 aromatic heterocycles. The SMILES string of the molecule is CCOC(CN(C(=O)C(Cc1c(F)c(F)c(F)c(F)c1F)NC(=O)C(CNC(=O)OCC1c2ccccc2-c2ccccc21)NC(=O)OCc1ccccc1)C(C)C)OCC. The van der Waals surface area contributed by atoms with E-state index >= 15 is 8.78 Å². The van der Waals surface area contributed by atoms with Gasteiger partial charge in [0.05, 0.1) is 13.1 Å². The van der Waals surface area contributed by atoms with Crippen LogP contribution in [0.3, 0.4) is 0 Å². The summed E-state index contributed by atoms with van der Waals surface area (Å²) >= 11 is 0. The van der Waals surface area contributed by atoms with Crippen molar-refractivity contribution in [1.82, 2.24) is 20.9 Å². The standard InChI is InChI=1S/C44H47F5N4O8/c1-5-58-35(59-6-2)22-53(25(3)4)42(55)33(20-31-36(45)38(47)40(49)39(48)37(31)46)51-41(54)34(52-44(57)60-23-26-14-8-7-9-15-26)21-50-43(56)61-24-32-29-18-12-10-16-27(29)28-17-11-13-19-30(28)32/h7-19,25,32-35H,5-6,20-24H2,1-4H3,(H,50,56)(H,51,54)(H,52,57). The summed E-state index contributed by atoms with van der Waals surface area (Å²) in [5, 5.41) is 7.04. The summed E-state index contributed by atoms with van der Waals surface area (Å²) in [6.07, 6.45) is -4.35. The molecule has 1 aliphatic rings. The second kappa shape index (κ2) is 21.4. The van der Waals surface area contributed by atoms with E-state index in [1.807, 2.05) is 48.5 Å². The number of hydrogen-bond donors (Lipinski definition) is 3. The molecule has 2 unspecified atom stereocenters. The highest BCUT2D eigenvalue weighted by Gasteiger charge is 2.36. The second-order valence-corrected chi connectivity index (χ2v) is 14.2. The number of halogens is 5. The van der Waals surface area contributed by atoms with Crippen LogP contribution in [-0.2, 0) is 41.6 Å². The summed E-state index contributed by atoms with van der Waals surface area (Å²) in [4.78, 5) is 55.8. The zero-order chi connectivity index (χ0) is 44.2. The van der Waals surface area contributed by atoms with Gasteiger partial charge in [-0.2, -0.15) is 0 Å². The third kappa shape index (κ3) is 11.4. The number of carbonyl (C=O) groups is 4. The summed E-state index contributed by atoms with van der Waals surface area (Å²) in [5.41, 5.74) is 3.05. The number of fused-ring (bicyclic) bond motifs is 3. The Balaban J connectivity index is 1.40. The van der Waals surface area contributed by atoms with Gasteiger partial charge >= 0.3 is 12.2 Å². The lowest BCUT2D eigenvalue weighted by molar-refractivity contribution is -0.163. The predicted molar refractivity (Wildman–Crippen MR) is 212 cm³/mol. The second-order valence-electron chi connectivity index (χ2n) is 14.2. The van der Waals surface area contributed by atoms with Crippen LogP contribution in [0.25, 0.3) is 11.1 Å². The number of nitrogens with zero attached hydrogens (tertiary/aromatic N) is 1. The van der Waals surface area contributed by atoms with Crippen molar-refractivity contribution < 1.29 is 60.1 Å². The Morgan fingerprint density at radius 3 is 1.77 bits per heavy atom. The maximum atomic E-state index is 15.1. The Labute approximate surface area is 349 Å². The van der Waals surface area contributed by atoms with Gasteiger partial charge in [0.2, 0.25) is 17.6 Å². The molecule has 0 radical (unpaired) electrons. The zero-order valence-electron chi connectivity index (χ0n) is 33.9. The van der Waals surface area contributed by atoms with Crippen LogP contribution < -0.4 is 16.0 Å². The van der Waals surface area contributed by atoms with Gasteiger partial charge in [0.1, 0.15) is 25.3 Å². The van der Waals surface area contributed by atoms with Crippen LogP contribution in [0.2, 0.25) is 0 Å². The van der Waals surface area contributed by atoms with Gasteiger partial charge in [0.25, 0.3) is 0 Å². The average Bonchev–Trinajstić information content (AvgIpc) is 3.58. The summed E-state index contributed by atoms with van der Waals surface area (Å²) < 4.78 is 95.1. The Hall–Kier alpha value is -6.07. The molecule has 12 nitrogen and oxygen atoms in total. The van der Waals surface area contributed by atoms with Gasteiger partial charge in [-0.05, 0) is 55.5 Å². The first-order valence-electron chi connectivity index (χ1n) is 19.7. The zero-order valence-corrected chi connectivity index (χ0v) is 33.9. The van der Waals surface area contributed by atoms with E-state index in [0.717, 1.165) is 27.2 Å². The minimum atomic E-state index is -2.41. The van der Waals surface area contributed by atoms with E-state index in [0.29, 0.717) is 5.56 Å². The van der Waals surface area contributed by atoms with Crippen LogP contribution in [0.15, 0.2) is 78.9 Å². The molecule has 0 saturated heterocycles. The predicted octanol–water partition coefficient (Wildman–Crippen LogP) is 6.88. The highest BCUT2D eigenvalue weighted by Crippen LogP contribution is 2.44. The number of alkyl carbamates (subject to hydrolysis) is 2. The Bertz CT molecular complexity index is 2100. The summed E-state index contributed by atoms with van der Waals surface area (Å²) in [5.74, 6) is -13.9. The molecule has 0 heterocycles. The molecule has 4 aromatic rings. The molecule has 61 heavy (non-hydrogen) atoms. The fourth-order valence-electron chi connectivity index (χ4n) is 6.90. The van der Waals surface area contributed by atoms with E-state index in [1.54, 1.807) is 58.0 Å². The highest BCUT2D eigenvalue weighted by atomic mass is 19.2. The Morgan fingerprint density at radius 2 is 1.21 bits per heavy atom. The van der Waals surface area contributed by atoms with Crippen LogP contribution >= 0.6 is 0 Å². The lowest BCUT2D eigenvalue weighted by Crippen LogP contribution is -2.59. The van der Waals surface area contributed by atoms with Crippen LogP contribution in [0, 0.1) is 29.1 Å². The first kappa shape index (κ1) is 46.0. The van der Waals surface area contributed by atoms with Gasteiger partial charge in [-0.15, -0.1) is 0 Å². The summed E-state index contributed by atoms with van der Waals surface area (Å²) in [6, 6.07) is 19.4. The number of carbonyl (C=O) groups excluding carboxylic acids is 4. The molecule has 1 aliphatic carbocycles. The van der Waals surface area contributed by atoms with Crippen molar-refractivity contribution in [3.05, 3.63) is 130 Å². The monoisotopic (exact) mass is 854 g/mol. The number of nitrogens with one attached hydrogen (secondary N) is 3. The molecular formula is C44H47F5N4O8. The maximum Gasteiger partial charge on any atom is 0.408 e. The minimum absolute atomic E-state index is 0.0999. The molecule has 5 rings (SSSR count). The lowest BCUT2D eigenvalue weighted by atomic mass is 9.98. The largest absolute Gasteiger partial charge is 0.449 e. The third-order valence-electron chi connectivity index (χ3n) is 9.90. The van der Waals surface area contributed by atoms with Crippen molar-refractivity contribution >= 4 is 24.0 Å². The molecule has 0 bridgehead atoms. The molecule has 3 N–H and O–H groups in total. The molecule has 4 aromatic carbocycles. The van der Waals surface area contributed by atoms with Crippen LogP contribution in [-0.4, -0.2) is 86.2 Å². The van der Waals surface area contributed by atoms with Gasteiger partial charge < -0.3 is 39.8 Å². The van der Waals surface area contributed by atoms with Crippen LogP contribution in [0.1, 0.15) is 55.9 Å². The molecule has 17 heteroatoms. The molecule has 2 atom stereocenters. The topological polar surface area (TPSA) is 145 Å². The number of hydrogen-bond acceptors (Lipinski definition) is 8. The first-order chi connectivity index (χ1) is 29.2. The van der Waals surface area contributed by atoms with Gasteiger partial charge in [0.15, 0.2) is 29.6 Å². The summed E-state index contributed by atoms with van der Waals surface area (Å²) in [6.45, 7) is 5.58. The number of amides is 4. The Morgan fingerprint density at radius 1 is 0.672 bits per heavy atom. The van der Waals surface area contributed by atoms with Crippen molar-refractivity contribution in [2.45, 2.75) is 71.1 Å². The van der Waals surface area contributed by atoms with Crippen molar-refractivity contribution in [3.8, 4) is 11.1 Å². The van der Waals surface area contributed by atoms with Crippen molar-refractivity contribution in [1.29, 1.82) is 0 Å². The van der Waals surface area contributed by atoms with Crippen LogP contribution in [0.4, 0.5) is 31.5 Å². The third-order valence-corrected chi connectivity index (χ3v) is 9.90. The van der Waals surface area contributed by atoms with Gasteiger partial charge in [-0.25, -0.2) is 31.5 Å². The van der Waals surface area contributed by atoms with Crippen molar-refractivity contribution in [2.24, 2.45) is 0 Å². The van der Waals surface area contributed by atoms with E-state index in [4.69, 9.17) is 18.9 Å². The minimum Gasteiger partial charge on any atom is -0.449 e. The fraction of sp³-hybridized carbons (Fsp3) is 0.364. The van der Waals surface area contributed by atoms with Gasteiger partial charge in [0, 0.05) is 37.2 Å². The average molecular weight is 855 g/mol. The molecule has 0 spiro atoms. The Kier molecular flexibility index (Phi) is 16.2. The van der Waals surface area contributed by atoms with E-state index in [-0.39, 0.29) is 38.9 Å². The highest BCUT2D eigenvalue weighted by molar-refractivity contribution is 5.92. The van der Waals surface area contributed by atoms with E-state index in [2.05, 4.69) is 16.0 Å². The normalized spacial score (nSPS) is 13.0. The van der Waals surface area contributed by atoms with Crippen LogP contribution in [0.5, 0.6) is 0 Å². The smallest absolute Gasteiger partial charge is 0.408 e. The molecule has 0 aliphatic heterocycles. The van der Waals surface area contributed by atoms with Crippen molar-refractivity contribution in [3.63, 3.8) is 0 Å². The van der Waals surface area contributed by atoms with E-state index in [1.165, 1.54) is 0 Å². The molecule has 326 valence electrons. The summed E-state index contributed by atoms with van der Waals surface area (Å²) in [7, 11) is 0. The first-order valence-corrected chi connectivity index (χ1v) is 19.7. The number of rotatable bonds is 19. The van der Waals surface area contributed by atoms with Crippen molar-refractivity contribution in [2.75, 3.05) is 32.9 Å². The van der Waals surface area contributed by atoms with Gasteiger partial charge in [-0.3, -0.25) is 9.59 Å². The lowest BCUT2D eigenvalue weighted by Gasteiger charge is -2.34.